The molecule has 2 N–H and O–H groups in total. The van der Waals surface area contributed by atoms with Crippen molar-refractivity contribution in [2.45, 2.75) is 19.8 Å². The average molecular weight is 313 g/mol. The van der Waals surface area contributed by atoms with Gasteiger partial charge in [0.15, 0.2) is 0 Å². The molecular formula is C18H23N3O2. The molecule has 1 aliphatic rings. The molecule has 0 aromatic heterocycles. The molecule has 23 heavy (non-hydrogen) atoms. The van der Waals surface area contributed by atoms with Crippen LogP contribution in [-0.4, -0.2) is 43.4 Å². The van der Waals surface area contributed by atoms with E-state index in [-0.39, 0.29) is 17.7 Å². The number of hydrogen-bond acceptors (Lipinski definition) is 3. The lowest BCUT2D eigenvalue weighted by Crippen LogP contribution is -2.41. The molecule has 1 saturated heterocycles. The van der Waals surface area contributed by atoms with Gasteiger partial charge in [0.25, 0.3) is 0 Å². The fourth-order valence-corrected chi connectivity index (χ4v) is 2.64. The fraction of sp³-hybridized carbons (Fsp3) is 0.444. The maximum absolute atomic E-state index is 12.1. The summed E-state index contributed by atoms with van der Waals surface area (Å²) in [7, 11) is 2.05. The summed E-state index contributed by atoms with van der Waals surface area (Å²) in [6, 6.07) is 7.30. The smallest absolute Gasteiger partial charge is 0.225 e. The molecule has 1 unspecified atom stereocenters. The third-order valence-corrected chi connectivity index (χ3v) is 3.78. The number of nitrogens with one attached hydrogen (secondary N) is 2. The Hall–Kier alpha value is -2.32. The van der Waals surface area contributed by atoms with Gasteiger partial charge >= 0.3 is 0 Å². The highest BCUT2D eigenvalue weighted by Gasteiger charge is 2.23. The third kappa shape index (κ3) is 5.76. The lowest BCUT2D eigenvalue weighted by molar-refractivity contribution is -0.126. The Morgan fingerprint density at radius 2 is 2.04 bits per heavy atom. The second-order valence-electron chi connectivity index (χ2n) is 5.88. The van der Waals surface area contributed by atoms with Crippen molar-refractivity contribution < 1.29 is 9.59 Å². The summed E-state index contributed by atoms with van der Waals surface area (Å²) < 4.78 is 0. The fourth-order valence-electron chi connectivity index (χ4n) is 2.64. The standard InChI is InChI=1S/C18H23N3O2/c1-14(22)20-17-9-7-15(8-10-17)5-3-11-19-18(23)16-6-4-12-21(2)13-16/h7-10,16H,4,6,11-13H2,1-2H3,(H,19,23)(H,20,22). The zero-order valence-electron chi connectivity index (χ0n) is 13.7. The first-order valence-corrected chi connectivity index (χ1v) is 7.87. The Kier molecular flexibility index (Phi) is 6.19. The van der Waals surface area contributed by atoms with Gasteiger partial charge in [0.05, 0.1) is 12.5 Å². The summed E-state index contributed by atoms with van der Waals surface area (Å²) in [5, 5.41) is 5.59. The van der Waals surface area contributed by atoms with Crippen LogP contribution < -0.4 is 10.6 Å². The maximum atomic E-state index is 12.1. The summed E-state index contributed by atoms with van der Waals surface area (Å²) in [6.07, 6.45) is 2.02. The van der Waals surface area contributed by atoms with Crippen LogP contribution >= 0.6 is 0 Å². The molecule has 2 amide bonds. The quantitative estimate of drug-likeness (QED) is 0.831. The molecule has 1 fully saturated rings. The van der Waals surface area contributed by atoms with Crippen molar-refractivity contribution in [1.29, 1.82) is 0 Å². The number of likely N-dealkylation sites (tertiary alicyclic amines) is 1. The molecule has 0 radical (unpaired) electrons. The van der Waals surface area contributed by atoms with Crippen molar-refractivity contribution in [3.05, 3.63) is 29.8 Å². The van der Waals surface area contributed by atoms with Crippen molar-refractivity contribution in [3.8, 4) is 11.8 Å². The topological polar surface area (TPSA) is 61.4 Å². The monoisotopic (exact) mass is 313 g/mol. The zero-order valence-corrected chi connectivity index (χ0v) is 13.7. The summed E-state index contributed by atoms with van der Waals surface area (Å²) in [6.45, 7) is 3.72. The Morgan fingerprint density at radius 1 is 1.30 bits per heavy atom. The molecule has 2 rings (SSSR count). The van der Waals surface area contributed by atoms with Crippen LogP contribution in [0.3, 0.4) is 0 Å². The number of carbonyl (C=O) groups is 2. The molecule has 0 aliphatic carbocycles. The van der Waals surface area contributed by atoms with E-state index in [4.69, 9.17) is 0 Å². The SMILES string of the molecule is CC(=O)Nc1ccc(C#CCNC(=O)C2CCCN(C)C2)cc1. The van der Waals surface area contributed by atoms with Crippen molar-refractivity contribution in [3.63, 3.8) is 0 Å². The number of anilines is 1. The molecule has 1 aromatic rings. The molecule has 0 saturated carbocycles. The minimum Gasteiger partial charge on any atom is -0.345 e. The first kappa shape index (κ1) is 17.0. The molecule has 1 aromatic carbocycles. The molecular weight excluding hydrogens is 290 g/mol. The number of nitrogens with zero attached hydrogens (tertiary/aromatic N) is 1. The summed E-state index contributed by atoms with van der Waals surface area (Å²) in [5.41, 5.74) is 1.60. The second-order valence-corrected chi connectivity index (χ2v) is 5.88. The van der Waals surface area contributed by atoms with Gasteiger partial charge in [-0.05, 0) is 50.7 Å². The molecule has 0 spiro atoms. The van der Waals surface area contributed by atoms with Gasteiger partial charge in [0.1, 0.15) is 0 Å². The van der Waals surface area contributed by atoms with Gasteiger partial charge in [0.2, 0.25) is 11.8 Å². The largest absolute Gasteiger partial charge is 0.345 e. The lowest BCUT2D eigenvalue weighted by Gasteiger charge is -2.28. The Labute approximate surface area is 137 Å². The van der Waals surface area contributed by atoms with Gasteiger partial charge in [0, 0.05) is 24.7 Å². The average Bonchev–Trinajstić information content (AvgIpc) is 2.52. The first-order chi connectivity index (χ1) is 11.0. The number of rotatable bonds is 3. The second kappa shape index (κ2) is 8.35. The van der Waals surface area contributed by atoms with E-state index in [1.165, 1.54) is 6.92 Å². The molecule has 122 valence electrons. The highest BCUT2D eigenvalue weighted by atomic mass is 16.2. The molecule has 5 heteroatoms. The van der Waals surface area contributed by atoms with E-state index in [1.54, 1.807) is 0 Å². The highest BCUT2D eigenvalue weighted by molar-refractivity contribution is 5.88. The van der Waals surface area contributed by atoms with E-state index in [1.807, 2.05) is 31.3 Å². The number of benzene rings is 1. The minimum absolute atomic E-state index is 0.0764. The Morgan fingerprint density at radius 3 is 2.70 bits per heavy atom. The van der Waals surface area contributed by atoms with Crippen LogP contribution in [-0.2, 0) is 9.59 Å². The first-order valence-electron chi connectivity index (χ1n) is 7.87. The molecule has 5 nitrogen and oxygen atoms in total. The predicted molar refractivity (Wildman–Crippen MR) is 90.9 cm³/mol. The van der Waals surface area contributed by atoms with Gasteiger partial charge in [-0.1, -0.05) is 11.8 Å². The normalized spacial score (nSPS) is 17.7. The van der Waals surface area contributed by atoms with E-state index < -0.39 is 0 Å². The maximum Gasteiger partial charge on any atom is 0.225 e. The third-order valence-electron chi connectivity index (χ3n) is 3.78. The number of carbonyl (C=O) groups excluding carboxylic acids is 2. The minimum atomic E-state index is -0.0973. The van der Waals surface area contributed by atoms with Gasteiger partial charge in [-0.3, -0.25) is 9.59 Å². The summed E-state index contributed by atoms with van der Waals surface area (Å²) >= 11 is 0. The van der Waals surface area contributed by atoms with Crippen LogP contribution in [0.15, 0.2) is 24.3 Å². The van der Waals surface area contributed by atoms with E-state index in [0.717, 1.165) is 37.2 Å². The van der Waals surface area contributed by atoms with Crippen molar-refractivity contribution in [1.82, 2.24) is 10.2 Å². The number of amides is 2. The van der Waals surface area contributed by atoms with E-state index in [2.05, 4.69) is 27.4 Å². The van der Waals surface area contributed by atoms with Crippen LogP contribution in [0.5, 0.6) is 0 Å². The summed E-state index contributed by atoms with van der Waals surface area (Å²) in [5.74, 6) is 6.03. The Balaban J connectivity index is 1.79. The number of piperidine rings is 1. The van der Waals surface area contributed by atoms with Crippen LogP contribution in [0.25, 0.3) is 0 Å². The molecule has 0 bridgehead atoms. The van der Waals surface area contributed by atoms with E-state index in [9.17, 15) is 9.59 Å². The van der Waals surface area contributed by atoms with Crippen molar-refractivity contribution >= 4 is 17.5 Å². The predicted octanol–water partition coefficient (Wildman–Crippen LogP) is 1.45. The molecule has 1 atom stereocenters. The summed E-state index contributed by atoms with van der Waals surface area (Å²) in [4.78, 5) is 25.2. The molecule has 1 heterocycles. The van der Waals surface area contributed by atoms with E-state index in [0.29, 0.717) is 6.54 Å². The van der Waals surface area contributed by atoms with Gasteiger partial charge in [-0.15, -0.1) is 0 Å². The van der Waals surface area contributed by atoms with Gasteiger partial charge in [-0.2, -0.15) is 0 Å². The van der Waals surface area contributed by atoms with Crippen LogP contribution in [0.4, 0.5) is 5.69 Å². The van der Waals surface area contributed by atoms with Gasteiger partial charge in [-0.25, -0.2) is 0 Å². The number of hydrogen-bond donors (Lipinski definition) is 2. The van der Waals surface area contributed by atoms with E-state index >= 15 is 0 Å². The highest BCUT2D eigenvalue weighted by Crippen LogP contribution is 2.14. The zero-order chi connectivity index (χ0) is 16.7. The Bertz CT molecular complexity index is 613. The van der Waals surface area contributed by atoms with Crippen LogP contribution in [0, 0.1) is 17.8 Å². The van der Waals surface area contributed by atoms with Crippen LogP contribution in [0.2, 0.25) is 0 Å². The van der Waals surface area contributed by atoms with Crippen molar-refractivity contribution in [2.24, 2.45) is 5.92 Å². The van der Waals surface area contributed by atoms with Gasteiger partial charge < -0.3 is 15.5 Å². The lowest BCUT2D eigenvalue weighted by atomic mass is 9.98. The van der Waals surface area contributed by atoms with Crippen molar-refractivity contribution in [2.75, 3.05) is 32.0 Å². The molecule has 1 aliphatic heterocycles. The van der Waals surface area contributed by atoms with Crippen LogP contribution in [0.1, 0.15) is 25.3 Å².